The predicted molar refractivity (Wildman–Crippen MR) is 158 cm³/mol. The van der Waals surface area contributed by atoms with Crippen LogP contribution in [-0.4, -0.2) is 55.6 Å². The van der Waals surface area contributed by atoms with E-state index in [1.165, 1.54) is 16.3 Å². The highest BCUT2D eigenvalue weighted by Crippen LogP contribution is 2.34. The van der Waals surface area contributed by atoms with Crippen LogP contribution < -0.4 is 20.9 Å². The van der Waals surface area contributed by atoms with E-state index in [0.717, 1.165) is 48.3 Å². The van der Waals surface area contributed by atoms with Gasteiger partial charge in [-0.15, -0.1) is 0 Å². The Kier molecular flexibility index (Phi) is 8.57. The maximum Gasteiger partial charge on any atom is 0.345 e. The van der Waals surface area contributed by atoms with Crippen LogP contribution in [0.3, 0.4) is 0 Å². The van der Waals surface area contributed by atoms with E-state index in [1.54, 1.807) is 0 Å². The van der Waals surface area contributed by atoms with E-state index in [-0.39, 0.29) is 30.7 Å². The Bertz CT molecular complexity index is 1240. The highest BCUT2D eigenvalue weighted by atomic mass is 16.2. The lowest BCUT2D eigenvalue weighted by atomic mass is 9.83. The summed E-state index contributed by atoms with van der Waals surface area (Å²) < 4.78 is 0. The number of hydrogen-bond acceptors (Lipinski definition) is 6. The third-order valence-corrected chi connectivity index (χ3v) is 7.37. The van der Waals surface area contributed by atoms with Gasteiger partial charge in [0.15, 0.2) is 5.78 Å². The molecule has 9 heteroatoms. The van der Waals surface area contributed by atoms with Gasteiger partial charge in [0.1, 0.15) is 6.54 Å². The van der Waals surface area contributed by atoms with Crippen LogP contribution in [-0.2, 0) is 9.59 Å². The van der Waals surface area contributed by atoms with Crippen LogP contribution in [0.2, 0.25) is 0 Å². The van der Waals surface area contributed by atoms with Gasteiger partial charge in [0.05, 0.1) is 17.9 Å². The van der Waals surface area contributed by atoms with Crippen molar-refractivity contribution < 1.29 is 14.4 Å². The molecule has 0 radical (unpaired) electrons. The lowest BCUT2D eigenvalue weighted by Gasteiger charge is -2.28. The Hall–Kier alpha value is -3.88. The van der Waals surface area contributed by atoms with Gasteiger partial charge >= 0.3 is 6.03 Å². The summed E-state index contributed by atoms with van der Waals surface area (Å²) in [6.45, 7) is 5.16. The number of carbonyl (C=O) groups is 3. The minimum Gasteiger partial charge on any atom is -0.388 e. The van der Waals surface area contributed by atoms with Gasteiger partial charge < -0.3 is 16.0 Å². The number of para-hydroxylation sites is 1. The molecule has 208 valence electrons. The molecule has 0 bridgehead atoms. The molecule has 3 amide bonds. The summed E-state index contributed by atoms with van der Waals surface area (Å²) in [5, 5.41) is 15.2. The monoisotopic (exact) mass is 532 g/mol. The van der Waals surface area contributed by atoms with Gasteiger partial charge in [-0.25, -0.2) is 9.80 Å². The van der Waals surface area contributed by atoms with Crippen molar-refractivity contribution in [1.29, 1.82) is 0 Å². The zero-order valence-corrected chi connectivity index (χ0v) is 23.6. The van der Waals surface area contributed by atoms with Crippen molar-refractivity contribution in [2.24, 2.45) is 16.4 Å². The average molecular weight is 533 g/mol. The summed E-state index contributed by atoms with van der Waals surface area (Å²) in [6, 6.07) is 12.7. The van der Waals surface area contributed by atoms with Gasteiger partial charge in [0.2, 0.25) is 5.91 Å². The minimum absolute atomic E-state index is 0.0698. The number of carbonyl (C=O) groups excluding carboxylic acids is 3. The maximum absolute atomic E-state index is 14.0. The van der Waals surface area contributed by atoms with Gasteiger partial charge in [0, 0.05) is 48.1 Å². The zero-order chi connectivity index (χ0) is 28.2. The summed E-state index contributed by atoms with van der Waals surface area (Å²) in [6.07, 6.45) is 5.34. The fourth-order valence-corrected chi connectivity index (χ4v) is 5.03. The number of urea groups is 1. The predicted octanol–water partition coefficient (Wildman–Crippen LogP) is 5.55. The Morgan fingerprint density at radius 3 is 2.15 bits per heavy atom. The SMILES string of the molecule is CNc1cc(NC)cc(NC(=O)CN2N=C(C3CCCCC3)c3ccccc3N(CC(=O)C(C)(C)C)C2=O)c1. The smallest absolute Gasteiger partial charge is 0.345 e. The van der Waals surface area contributed by atoms with Gasteiger partial charge in [-0.3, -0.25) is 14.5 Å². The number of fused-ring (bicyclic) bond motifs is 1. The Labute approximate surface area is 231 Å². The van der Waals surface area contributed by atoms with Crippen molar-refractivity contribution in [1.82, 2.24) is 5.01 Å². The summed E-state index contributed by atoms with van der Waals surface area (Å²) >= 11 is 0. The topological polar surface area (TPSA) is 106 Å². The van der Waals surface area contributed by atoms with Crippen molar-refractivity contribution in [3.05, 3.63) is 48.0 Å². The summed E-state index contributed by atoms with van der Waals surface area (Å²) in [5.74, 6) is -0.264. The molecule has 1 saturated carbocycles. The molecule has 2 aliphatic rings. The van der Waals surface area contributed by atoms with E-state index in [2.05, 4.69) is 16.0 Å². The van der Waals surface area contributed by atoms with E-state index in [1.807, 2.05) is 77.3 Å². The summed E-state index contributed by atoms with van der Waals surface area (Å²) in [4.78, 5) is 41.9. The highest BCUT2D eigenvalue weighted by Gasteiger charge is 2.36. The third kappa shape index (κ3) is 6.58. The van der Waals surface area contributed by atoms with E-state index < -0.39 is 11.4 Å². The van der Waals surface area contributed by atoms with Gasteiger partial charge in [-0.2, -0.15) is 5.10 Å². The molecule has 0 unspecified atom stereocenters. The van der Waals surface area contributed by atoms with Crippen LogP contribution in [0.1, 0.15) is 58.4 Å². The highest BCUT2D eigenvalue weighted by molar-refractivity contribution is 6.13. The summed E-state index contributed by atoms with van der Waals surface area (Å²) in [7, 11) is 3.62. The maximum atomic E-state index is 14.0. The average Bonchev–Trinajstić information content (AvgIpc) is 3.03. The largest absolute Gasteiger partial charge is 0.388 e. The molecule has 0 spiro atoms. The van der Waals surface area contributed by atoms with Crippen LogP contribution in [0.4, 0.5) is 27.5 Å². The molecular weight excluding hydrogens is 492 g/mol. The first kappa shape index (κ1) is 28.1. The van der Waals surface area contributed by atoms with Crippen LogP contribution in [0, 0.1) is 11.3 Å². The third-order valence-electron chi connectivity index (χ3n) is 7.37. The number of hydrogen-bond donors (Lipinski definition) is 3. The van der Waals surface area contributed by atoms with Crippen LogP contribution >= 0.6 is 0 Å². The van der Waals surface area contributed by atoms with Crippen molar-refractivity contribution in [3.63, 3.8) is 0 Å². The molecule has 1 heterocycles. The first-order valence-electron chi connectivity index (χ1n) is 13.7. The first-order chi connectivity index (χ1) is 18.6. The van der Waals surface area contributed by atoms with Crippen molar-refractivity contribution in [3.8, 4) is 0 Å². The van der Waals surface area contributed by atoms with Gasteiger partial charge in [0.25, 0.3) is 0 Å². The quantitative estimate of drug-likeness (QED) is 0.413. The molecule has 2 aromatic rings. The lowest BCUT2D eigenvalue weighted by Crippen LogP contribution is -2.47. The number of hydrazone groups is 1. The molecule has 0 aromatic heterocycles. The Morgan fingerprint density at radius 1 is 0.923 bits per heavy atom. The number of amides is 3. The number of ketones is 1. The second kappa shape index (κ2) is 11.9. The molecule has 4 rings (SSSR count). The van der Waals surface area contributed by atoms with Crippen LogP contribution in [0.25, 0.3) is 0 Å². The molecule has 1 fully saturated rings. The number of nitrogens with zero attached hydrogens (tertiary/aromatic N) is 3. The molecule has 39 heavy (non-hydrogen) atoms. The van der Waals surface area contributed by atoms with Crippen molar-refractivity contribution >= 4 is 46.2 Å². The molecule has 1 aliphatic heterocycles. The van der Waals surface area contributed by atoms with Gasteiger partial charge in [-0.05, 0) is 37.1 Å². The normalized spacial score (nSPS) is 16.2. The second-order valence-corrected chi connectivity index (χ2v) is 11.3. The number of Topliss-reactive ketones (excluding diaryl/α,β-unsaturated/α-hetero) is 1. The summed E-state index contributed by atoms with van der Waals surface area (Å²) in [5.41, 5.74) is 3.96. The fraction of sp³-hybridized carbons (Fsp3) is 0.467. The Morgan fingerprint density at radius 2 is 1.54 bits per heavy atom. The van der Waals surface area contributed by atoms with Crippen LogP contribution in [0.15, 0.2) is 47.6 Å². The van der Waals surface area contributed by atoms with Crippen LogP contribution in [0.5, 0.6) is 0 Å². The molecule has 9 nitrogen and oxygen atoms in total. The first-order valence-corrected chi connectivity index (χ1v) is 13.7. The molecule has 0 atom stereocenters. The second-order valence-electron chi connectivity index (χ2n) is 11.3. The van der Waals surface area contributed by atoms with E-state index in [9.17, 15) is 14.4 Å². The Balaban J connectivity index is 1.70. The molecule has 0 saturated heterocycles. The van der Waals surface area contributed by atoms with E-state index >= 15 is 0 Å². The van der Waals surface area contributed by atoms with E-state index in [0.29, 0.717) is 11.4 Å². The van der Waals surface area contributed by atoms with E-state index in [4.69, 9.17) is 5.10 Å². The number of benzene rings is 2. The molecule has 2 aromatic carbocycles. The standard InChI is InChI=1S/C30H40N6O3/c1-30(2,3)26(37)18-35-25-14-10-9-13-24(25)28(20-11-7-6-8-12-20)34-36(29(35)39)19-27(38)33-23-16-21(31-4)15-22(17-23)32-5/h9-10,13-17,20,31-32H,6-8,11-12,18-19H2,1-5H3,(H,33,38). The molecule has 3 N–H and O–H groups in total. The molecular formula is C30H40N6O3. The molecule has 1 aliphatic carbocycles. The number of anilines is 4. The minimum atomic E-state index is -0.625. The number of rotatable bonds is 8. The van der Waals surface area contributed by atoms with Crippen molar-refractivity contribution in [2.45, 2.75) is 52.9 Å². The van der Waals surface area contributed by atoms with Crippen molar-refractivity contribution in [2.75, 3.05) is 48.0 Å². The number of nitrogens with one attached hydrogen (secondary N) is 3. The zero-order valence-electron chi connectivity index (χ0n) is 23.6. The fourth-order valence-electron chi connectivity index (χ4n) is 5.03. The van der Waals surface area contributed by atoms with Gasteiger partial charge in [-0.1, -0.05) is 58.2 Å². The lowest BCUT2D eigenvalue weighted by molar-refractivity contribution is -0.124.